The van der Waals surface area contributed by atoms with Crippen LogP contribution in [-0.2, 0) is 13.0 Å². The summed E-state index contributed by atoms with van der Waals surface area (Å²) < 4.78 is 11.7. The van der Waals surface area contributed by atoms with Crippen LogP contribution in [0.15, 0.2) is 94.1 Å². The van der Waals surface area contributed by atoms with E-state index in [1.807, 2.05) is 78.9 Å². The minimum Gasteiger partial charge on any atom is -0.488 e. The van der Waals surface area contributed by atoms with Gasteiger partial charge < -0.3 is 9.15 Å². The first kappa shape index (κ1) is 16.2. The van der Waals surface area contributed by atoms with Crippen LogP contribution in [0.2, 0.25) is 0 Å². The van der Waals surface area contributed by atoms with Crippen LogP contribution in [0.1, 0.15) is 16.7 Å². The van der Waals surface area contributed by atoms with Crippen molar-refractivity contribution < 1.29 is 9.15 Å². The normalized spacial score (nSPS) is 10.8. The second-order valence-corrected chi connectivity index (χ2v) is 6.13. The molecule has 1 aromatic heterocycles. The zero-order valence-electron chi connectivity index (χ0n) is 14.2. The van der Waals surface area contributed by atoms with E-state index in [1.54, 1.807) is 6.07 Å². The SMILES string of the molecule is O=c1oc2ccccc2c(OCc2ccccc2)c1Cc1ccccc1. The molecular formula is C23H18O3. The number of para-hydroxylation sites is 1. The van der Waals surface area contributed by atoms with Crippen molar-refractivity contribution in [2.45, 2.75) is 13.0 Å². The van der Waals surface area contributed by atoms with Crippen molar-refractivity contribution in [2.75, 3.05) is 0 Å². The van der Waals surface area contributed by atoms with Crippen LogP contribution in [0.25, 0.3) is 11.0 Å². The molecule has 0 fully saturated rings. The predicted octanol–water partition coefficient (Wildman–Crippen LogP) is 4.96. The molecule has 3 heteroatoms. The van der Waals surface area contributed by atoms with Crippen LogP contribution in [0, 0.1) is 0 Å². The lowest BCUT2D eigenvalue weighted by atomic mass is 10.0. The number of benzene rings is 3. The topological polar surface area (TPSA) is 39.4 Å². The van der Waals surface area contributed by atoms with E-state index in [1.165, 1.54) is 0 Å². The lowest BCUT2D eigenvalue weighted by Crippen LogP contribution is -2.12. The lowest BCUT2D eigenvalue weighted by Gasteiger charge is -2.13. The summed E-state index contributed by atoms with van der Waals surface area (Å²) in [6.07, 6.45) is 0.470. The van der Waals surface area contributed by atoms with Gasteiger partial charge in [0.2, 0.25) is 0 Å². The minimum atomic E-state index is -0.351. The summed E-state index contributed by atoms with van der Waals surface area (Å²) in [6, 6.07) is 27.3. The van der Waals surface area contributed by atoms with Gasteiger partial charge in [0.15, 0.2) is 0 Å². The molecule has 4 rings (SSSR count). The maximum Gasteiger partial charge on any atom is 0.343 e. The summed E-state index contributed by atoms with van der Waals surface area (Å²) in [7, 11) is 0. The van der Waals surface area contributed by atoms with Crippen LogP contribution < -0.4 is 10.4 Å². The van der Waals surface area contributed by atoms with E-state index in [0.717, 1.165) is 16.5 Å². The van der Waals surface area contributed by atoms with Gasteiger partial charge in [0.05, 0.1) is 10.9 Å². The Bertz CT molecular complexity index is 1070. The summed E-state index contributed by atoms with van der Waals surface area (Å²) in [5.41, 5.74) is 2.83. The summed E-state index contributed by atoms with van der Waals surface area (Å²) in [5, 5.41) is 0.814. The molecule has 0 aliphatic rings. The Labute approximate surface area is 151 Å². The summed E-state index contributed by atoms with van der Waals surface area (Å²) in [6.45, 7) is 0.399. The molecule has 0 atom stereocenters. The number of fused-ring (bicyclic) bond motifs is 1. The van der Waals surface area contributed by atoms with Gasteiger partial charge in [-0.15, -0.1) is 0 Å². The Kier molecular flexibility index (Phi) is 4.52. The average molecular weight is 342 g/mol. The molecule has 0 saturated carbocycles. The highest BCUT2D eigenvalue weighted by molar-refractivity contribution is 5.84. The number of hydrogen-bond donors (Lipinski definition) is 0. The smallest absolute Gasteiger partial charge is 0.343 e. The lowest BCUT2D eigenvalue weighted by molar-refractivity contribution is 0.304. The van der Waals surface area contributed by atoms with Crippen LogP contribution >= 0.6 is 0 Å². The first-order chi connectivity index (χ1) is 12.8. The molecule has 0 radical (unpaired) electrons. The molecule has 128 valence electrons. The molecule has 0 unspecified atom stereocenters. The van der Waals surface area contributed by atoms with E-state index in [-0.39, 0.29) is 5.63 Å². The second kappa shape index (κ2) is 7.28. The van der Waals surface area contributed by atoms with Crippen molar-refractivity contribution in [3.8, 4) is 5.75 Å². The highest BCUT2D eigenvalue weighted by Crippen LogP contribution is 2.29. The Morgan fingerprint density at radius 1 is 0.731 bits per heavy atom. The van der Waals surface area contributed by atoms with Crippen LogP contribution in [0.4, 0.5) is 0 Å². The molecule has 1 heterocycles. The molecule has 0 N–H and O–H groups in total. The van der Waals surface area contributed by atoms with Gasteiger partial charge in [0.1, 0.15) is 17.9 Å². The van der Waals surface area contributed by atoms with Gasteiger partial charge in [0, 0.05) is 6.42 Å². The number of rotatable bonds is 5. The quantitative estimate of drug-likeness (QED) is 0.481. The highest BCUT2D eigenvalue weighted by atomic mass is 16.5. The van der Waals surface area contributed by atoms with E-state index in [4.69, 9.17) is 9.15 Å². The van der Waals surface area contributed by atoms with Gasteiger partial charge >= 0.3 is 5.63 Å². The van der Waals surface area contributed by atoms with E-state index >= 15 is 0 Å². The zero-order valence-corrected chi connectivity index (χ0v) is 14.2. The summed E-state index contributed by atoms with van der Waals surface area (Å²) in [4.78, 5) is 12.6. The molecule has 0 bridgehead atoms. The van der Waals surface area contributed by atoms with E-state index in [9.17, 15) is 4.79 Å². The van der Waals surface area contributed by atoms with Crippen molar-refractivity contribution >= 4 is 11.0 Å². The van der Waals surface area contributed by atoms with Crippen molar-refractivity contribution in [2.24, 2.45) is 0 Å². The van der Waals surface area contributed by atoms with Gasteiger partial charge in [-0.2, -0.15) is 0 Å². The van der Waals surface area contributed by atoms with Crippen molar-refractivity contribution in [3.05, 3.63) is 112 Å². The van der Waals surface area contributed by atoms with Gasteiger partial charge in [-0.1, -0.05) is 72.8 Å². The van der Waals surface area contributed by atoms with Crippen molar-refractivity contribution in [1.29, 1.82) is 0 Å². The molecule has 0 spiro atoms. The van der Waals surface area contributed by atoms with E-state index < -0.39 is 0 Å². The molecule has 26 heavy (non-hydrogen) atoms. The van der Waals surface area contributed by atoms with Crippen molar-refractivity contribution in [3.63, 3.8) is 0 Å². The molecule has 0 aliphatic carbocycles. The first-order valence-corrected chi connectivity index (χ1v) is 8.56. The molecule has 3 aromatic carbocycles. The fraction of sp³-hybridized carbons (Fsp3) is 0.0870. The molecule has 4 aromatic rings. The second-order valence-electron chi connectivity index (χ2n) is 6.13. The third-order valence-corrected chi connectivity index (χ3v) is 4.30. The van der Waals surface area contributed by atoms with Gasteiger partial charge in [-0.3, -0.25) is 0 Å². The van der Waals surface area contributed by atoms with Crippen LogP contribution in [-0.4, -0.2) is 0 Å². The first-order valence-electron chi connectivity index (χ1n) is 8.56. The van der Waals surface area contributed by atoms with Gasteiger partial charge in [-0.05, 0) is 23.3 Å². The van der Waals surface area contributed by atoms with Gasteiger partial charge in [-0.25, -0.2) is 4.79 Å². The van der Waals surface area contributed by atoms with Crippen LogP contribution in [0.3, 0.4) is 0 Å². The Balaban J connectivity index is 1.78. The zero-order chi connectivity index (χ0) is 17.8. The Hall–Kier alpha value is -3.33. The monoisotopic (exact) mass is 342 g/mol. The maximum atomic E-state index is 12.6. The third kappa shape index (κ3) is 3.38. The summed E-state index contributed by atoms with van der Waals surface area (Å²) in [5.74, 6) is 0.601. The Morgan fingerprint density at radius 3 is 2.08 bits per heavy atom. The minimum absolute atomic E-state index is 0.351. The molecular weight excluding hydrogens is 324 g/mol. The standard InChI is InChI=1S/C23H18O3/c24-23-20(15-17-9-3-1-4-10-17)22(19-13-7-8-14-21(19)26-23)25-16-18-11-5-2-6-12-18/h1-14H,15-16H2. The molecule has 3 nitrogen and oxygen atoms in total. The number of ether oxygens (including phenoxy) is 1. The fourth-order valence-corrected chi connectivity index (χ4v) is 3.01. The largest absolute Gasteiger partial charge is 0.488 e. The van der Waals surface area contributed by atoms with E-state index in [2.05, 4.69) is 0 Å². The van der Waals surface area contributed by atoms with Crippen molar-refractivity contribution in [1.82, 2.24) is 0 Å². The molecule has 0 amide bonds. The van der Waals surface area contributed by atoms with Gasteiger partial charge in [0.25, 0.3) is 0 Å². The summed E-state index contributed by atoms with van der Waals surface area (Å²) >= 11 is 0. The Morgan fingerprint density at radius 2 is 1.35 bits per heavy atom. The average Bonchev–Trinajstić information content (AvgIpc) is 2.69. The van der Waals surface area contributed by atoms with E-state index in [0.29, 0.717) is 29.9 Å². The van der Waals surface area contributed by atoms with Crippen LogP contribution in [0.5, 0.6) is 5.75 Å². The highest BCUT2D eigenvalue weighted by Gasteiger charge is 2.16. The molecule has 0 aliphatic heterocycles. The number of hydrogen-bond acceptors (Lipinski definition) is 3. The fourth-order valence-electron chi connectivity index (χ4n) is 3.01. The molecule has 0 saturated heterocycles. The third-order valence-electron chi connectivity index (χ3n) is 4.30. The maximum absolute atomic E-state index is 12.6. The predicted molar refractivity (Wildman–Crippen MR) is 103 cm³/mol.